The number of unbranched alkanes of at least 4 members (excludes halogenated alkanes) is 7. The van der Waals surface area contributed by atoms with Gasteiger partial charge in [-0.3, -0.25) is 29.0 Å². The Balaban J connectivity index is 0.00000321. The van der Waals surface area contributed by atoms with Crippen molar-refractivity contribution in [3.05, 3.63) is 146 Å². The molecule has 0 spiro atoms. The SMILES string of the molecule is CCN1C(=O)c2cccc3c(CCCCCC[n+]4ccn(CCCCn5cc[n+](CCCCCCc6ccc7c8c(cccc68)C(=O)N(CC)C7=O)c5)c4)ccc(c23)C1=O.[CH3-].[CH3-]. The molecule has 0 radical (unpaired) electrons. The monoisotopic (exact) mass is 836 g/mol. The normalized spacial score (nSPS) is 13.3. The van der Waals surface area contributed by atoms with E-state index in [0.29, 0.717) is 35.3 Å². The summed E-state index contributed by atoms with van der Waals surface area (Å²) in [5, 5.41) is 3.74. The first kappa shape index (κ1) is 45.6. The zero-order chi connectivity index (χ0) is 41.6. The fourth-order valence-electron chi connectivity index (χ4n) is 9.35. The standard InChI is InChI=1S/C50H58N6O4.2CH3/c1-3-55-47(57)41-21-15-19-39-37(23-25-43(45(39)41)49(55)59)17-9-5-7-11-27-51-31-33-53(35-51)29-13-14-30-54-34-32-52(36-54)28-12-8-6-10-18-38-24-26-44-46-40(38)20-16-22-42(46)48(58)56(4-2)50(44)60;;/h15-16,19-26,31-36H,3-14,17-18,27-30H2,1-2H3;2*1H3/q+2;2*-1. The van der Waals surface area contributed by atoms with Gasteiger partial charge in [-0.2, -0.15) is 0 Å². The highest BCUT2D eigenvalue weighted by Gasteiger charge is 2.33. The number of benzene rings is 4. The molecule has 2 aliphatic heterocycles. The van der Waals surface area contributed by atoms with Crippen molar-refractivity contribution in [1.82, 2.24) is 18.9 Å². The number of aryl methyl sites for hydroxylation is 6. The molecule has 2 aromatic heterocycles. The fourth-order valence-corrected chi connectivity index (χ4v) is 9.35. The van der Waals surface area contributed by atoms with Crippen molar-refractivity contribution in [2.24, 2.45) is 0 Å². The molecule has 10 heteroatoms. The zero-order valence-electron chi connectivity index (χ0n) is 37.3. The summed E-state index contributed by atoms with van der Waals surface area (Å²) in [6.45, 7) is 8.53. The van der Waals surface area contributed by atoms with Crippen molar-refractivity contribution in [3.63, 3.8) is 0 Å². The molecule has 10 nitrogen and oxygen atoms in total. The van der Waals surface area contributed by atoms with Crippen LogP contribution >= 0.6 is 0 Å². The van der Waals surface area contributed by atoms with E-state index in [2.05, 4.69) is 80.0 Å². The molecule has 0 saturated heterocycles. The number of imidazole rings is 2. The van der Waals surface area contributed by atoms with Crippen molar-refractivity contribution < 1.29 is 28.3 Å². The second-order valence-electron chi connectivity index (χ2n) is 16.5. The van der Waals surface area contributed by atoms with E-state index in [9.17, 15) is 19.2 Å². The summed E-state index contributed by atoms with van der Waals surface area (Å²) < 4.78 is 9.21. The van der Waals surface area contributed by atoms with E-state index in [1.165, 1.54) is 33.8 Å². The van der Waals surface area contributed by atoms with E-state index in [0.717, 1.165) is 112 Å². The first-order valence-corrected chi connectivity index (χ1v) is 22.3. The Morgan fingerprint density at radius 3 is 1.24 bits per heavy atom. The maximum absolute atomic E-state index is 12.9. The van der Waals surface area contributed by atoms with Gasteiger partial charge in [0, 0.05) is 46.1 Å². The highest BCUT2D eigenvalue weighted by Crippen LogP contribution is 2.34. The van der Waals surface area contributed by atoms with Crippen LogP contribution in [0, 0.1) is 14.9 Å². The number of carbonyl (C=O) groups excluding carboxylic acids is 4. The van der Waals surface area contributed by atoms with Crippen LogP contribution < -0.4 is 9.13 Å². The Bertz CT molecular complexity index is 2330. The summed E-state index contributed by atoms with van der Waals surface area (Å²) in [6, 6.07) is 19.7. The molecule has 62 heavy (non-hydrogen) atoms. The molecule has 0 aliphatic carbocycles. The first-order valence-electron chi connectivity index (χ1n) is 22.3. The summed E-state index contributed by atoms with van der Waals surface area (Å²) in [5.41, 5.74) is 5.01. The van der Waals surface area contributed by atoms with Gasteiger partial charge in [-0.25, -0.2) is 18.3 Å². The van der Waals surface area contributed by atoms with E-state index in [-0.39, 0.29) is 38.5 Å². The molecule has 0 N–H and O–H groups in total. The van der Waals surface area contributed by atoms with Crippen molar-refractivity contribution >= 4 is 45.2 Å². The Labute approximate surface area is 367 Å². The van der Waals surface area contributed by atoms with Gasteiger partial charge < -0.3 is 14.9 Å². The van der Waals surface area contributed by atoms with Crippen LogP contribution in [-0.4, -0.2) is 55.7 Å². The molecule has 4 amide bonds. The lowest BCUT2D eigenvalue weighted by molar-refractivity contribution is -0.697. The summed E-state index contributed by atoms with van der Waals surface area (Å²) in [7, 11) is 0. The molecular weight excluding hydrogens is 773 g/mol. The fraction of sp³-hybridized carbons (Fsp3) is 0.385. The van der Waals surface area contributed by atoms with Crippen molar-refractivity contribution in [2.75, 3.05) is 13.1 Å². The molecule has 2 aliphatic rings. The van der Waals surface area contributed by atoms with Gasteiger partial charge in [0.05, 0.1) is 26.2 Å². The number of amides is 4. The quantitative estimate of drug-likeness (QED) is 0.0313. The molecular formula is C52H64N6O4. The lowest BCUT2D eigenvalue weighted by atomic mass is 9.90. The molecule has 4 aromatic carbocycles. The summed E-state index contributed by atoms with van der Waals surface area (Å²) >= 11 is 0. The lowest BCUT2D eigenvalue weighted by Crippen LogP contribution is -2.40. The van der Waals surface area contributed by atoms with E-state index in [1.807, 2.05) is 50.2 Å². The van der Waals surface area contributed by atoms with Gasteiger partial charge in [0.15, 0.2) is 0 Å². The third-order valence-electron chi connectivity index (χ3n) is 12.6. The highest BCUT2D eigenvalue weighted by molar-refractivity contribution is 6.26. The van der Waals surface area contributed by atoms with Gasteiger partial charge >= 0.3 is 0 Å². The van der Waals surface area contributed by atoms with Crippen LogP contribution in [0.15, 0.2) is 98.1 Å². The molecule has 0 bridgehead atoms. The van der Waals surface area contributed by atoms with Gasteiger partial charge in [0.1, 0.15) is 24.8 Å². The lowest BCUT2D eigenvalue weighted by Gasteiger charge is -2.26. The van der Waals surface area contributed by atoms with Crippen LogP contribution in [-0.2, 0) is 39.0 Å². The maximum atomic E-state index is 12.9. The summed E-state index contributed by atoms with van der Waals surface area (Å²) in [5.74, 6) is -0.741. The summed E-state index contributed by atoms with van der Waals surface area (Å²) in [6.07, 6.45) is 26.4. The first-order chi connectivity index (χ1) is 29.4. The third-order valence-corrected chi connectivity index (χ3v) is 12.6. The van der Waals surface area contributed by atoms with Crippen LogP contribution in [0.4, 0.5) is 0 Å². The van der Waals surface area contributed by atoms with E-state index < -0.39 is 0 Å². The number of rotatable bonds is 21. The van der Waals surface area contributed by atoms with Gasteiger partial charge in [0.2, 0.25) is 12.7 Å². The van der Waals surface area contributed by atoms with Crippen molar-refractivity contribution in [2.45, 2.75) is 117 Å². The molecule has 0 saturated carbocycles. The Morgan fingerprint density at radius 1 is 0.452 bits per heavy atom. The second-order valence-corrected chi connectivity index (χ2v) is 16.5. The Morgan fingerprint density at radius 2 is 0.839 bits per heavy atom. The number of hydrogen-bond acceptors (Lipinski definition) is 4. The van der Waals surface area contributed by atoms with Gasteiger partial charge in [0.25, 0.3) is 23.6 Å². The number of carbonyl (C=O) groups is 4. The smallest absolute Gasteiger partial charge is 0.261 e. The molecule has 0 fully saturated rings. The Hall–Kier alpha value is -5.90. The Kier molecular flexibility index (Phi) is 15.3. The molecule has 6 aromatic rings. The van der Waals surface area contributed by atoms with Gasteiger partial charge in [-0.15, -0.1) is 0 Å². The predicted octanol–water partition coefficient (Wildman–Crippen LogP) is 9.39. The van der Waals surface area contributed by atoms with Gasteiger partial charge in [-0.1, -0.05) is 49.2 Å². The minimum atomic E-state index is -0.185. The van der Waals surface area contributed by atoms with Crippen molar-refractivity contribution in [3.8, 4) is 0 Å². The third kappa shape index (κ3) is 9.44. The van der Waals surface area contributed by atoms with Gasteiger partial charge in [-0.05, 0) is 124 Å². The van der Waals surface area contributed by atoms with Crippen LogP contribution in [0.25, 0.3) is 21.5 Å². The maximum Gasteiger partial charge on any atom is 0.261 e. The van der Waals surface area contributed by atoms with Crippen LogP contribution in [0.1, 0.15) is 131 Å². The number of hydrogen-bond donors (Lipinski definition) is 0. The minimum Gasteiger partial charge on any atom is -0.358 e. The topological polar surface area (TPSA) is 92.4 Å². The second kappa shape index (κ2) is 20.8. The number of nitrogens with zero attached hydrogens (tertiary/aromatic N) is 6. The average molecular weight is 837 g/mol. The van der Waals surface area contributed by atoms with E-state index >= 15 is 0 Å². The van der Waals surface area contributed by atoms with Crippen LogP contribution in [0.2, 0.25) is 0 Å². The predicted molar refractivity (Wildman–Crippen MR) is 246 cm³/mol. The number of aromatic nitrogens is 4. The molecule has 4 heterocycles. The highest BCUT2D eigenvalue weighted by atomic mass is 16.2. The van der Waals surface area contributed by atoms with E-state index in [1.54, 1.807) is 0 Å². The van der Waals surface area contributed by atoms with E-state index in [4.69, 9.17) is 0 Å². The molecule has 8 rings (SSSR count). The minimum absolute atomic E-state index is 0. The largest absolute Gasteiger partial charge is 0.358 e. The zero-order valence-corrected chi connectivity index (χ0v) is 37.3. The van der Waals surface area contributed by atoms with Crippen LogP contribution in [0.3, 0.4) is 0 Å². The molecule has 0 atom stereocenters. The van der Waals surface area contributed by atoms with Crippen LogP contribution in [0.5, 0.6) is 0 Å². The number of imide groups is 2. The van der Waals surface area contributed by atoms with Crippen molar-refractivity contribution in [1.29, 1.82) is 0 Å². The molecule has 0 unspecified atom stereocenters. The average Bonchev–Trinajstić information content (AvgIpc) is 3.93. The molecule has 326 valence electrons. The summed E-state index contributed by atoms with van der Waals surface area (Å²) in [4.78, 5) is 54.5.